The summed E-state index contributed by atoms with van der Waals surface area (Å²) in [5.74, 6) is 0. The van der Waals surface area contributed by atoms with Crippen LogP contribution in [0.5, 0.6) is 0 Å². The van der Waals surface area contributed by atoms with E-state index < -0.39 is 10.2 Å². The third-order valence-corrected chi connectivity index (χ3v) is 10.9. The zero-order valence-electron chi connectivity index (χ0n) is 18.0. The summed E-state index contributed by atoms with van der Waals surface area (Å²) in [7, 11) is -1.32. The fourth-order valence-corrected chi connectivity index (χ4v) is 10.6. The standard InChI is InChI=1S/C25H31NS2/c1-16-11-10-12-19(15-16)28(7,26-25(4,5)6)24-18(3)17(2)22-20-13-8-9-14-21(20)27-23(22)24/h8-15,24,26H,1-7H3. The zero-order valence-corrected chi connectivity index (χ0v) is 19.6. The van der Waals surface area contributed by atoms with Crippen LogP contribution in [0.1, 0.15) is 55.9 Å². The molecule has 1 aromatic heterocycles. The molecule has 0 radical (unpaired) electrons. The molecule has 1 aliphatic rings. The van der Waals surface area contributed by atoms with Crippen molar-refractivity contribution >= 4 is 37.2 Å². The molecule has 4 rings (SSSR count). The van der Waals surface area contributed by atoms with Crippen LogP contribution in [0.15, 0.2) is 59.0 Å². The molecule has 1 N–H and O–H groups in total. The van der Waals surface area contributed by atoms with Gasteiger partial charge in [-0.05, 0) is 71.6 Å². The van der Waals surface area contributed by atoms with E-state index in [-0.39, 0.29) is 5.54 Å². The van der Waals surface area contributed by atoms with Gasteiger partial charge in [-0.25, -0.2) is 0 Å². The number of hydrogen-bond donors (Lipinski definition) is 1. The number of benzene rings is 2. The fourth-order valence-electron chi connectivity index (χ4n) is 4.56. The Kier molecular flexibility index (Phi) is 4.77. The predicted octanol–water partition coefficient (Wildman–Crippen LogP) is 7.85. The maximum Gasteiger partial charge on any atom is 0.0605 e. The molecule has 3 aromatic rings. The van der Waals surface area contributed by atoms with Crippen molar-refractivity contribution in [2.75, 3.05) is 6.26 Å². The summed E-state index contributed by atoms with van der Waals surface area (Å²) in [5, 5.41) is 1.84. The zero-order chi connectivity index (χ0) is 20.3. The third-order valence-electron chi connectivity index (χ3n) is 5.69. The Balaban J connectivity index is 1.98. The highest BCUT2D eigenvalue weighted by molar-refractivity contribution is 8.32. The van der Waals surface area contributed by atoms with Gasteiger partial charge in [-0.2, -0.15) is 10.2 Å². The Morgan fingerprint density at radius 1 is 0.964 bits per heavy atom. The van der Waals surface area contributed by atoms with Crippen LogP contribution in [0.3, 0.4) is 0 Å². The first-order valence-corrected chi connectivity index (χ1v) is 12.9. The minimum atomic E-state index is -1.32. The van der Waals surface area contributed by atoms with E-state index in [0.717, 1.165) is 0 Å². The smallest absolute Gasteiger partial charge is 0.0605 e. The number of nitrogens with one attached hydrogen (secondary N) is 1. The predicted molar refractivity (Wildman–Crippen MR) is 129 cm³/mol. The van der Waals surface area contributed by atoms with Crippen molar-refractivity contribution in [2.24, 2.45) is 0 Å². The van der Waals surface area contributed by atoms with Crippen molar-refractivity contribution in [2.45, 2.75) is 57.2 Å². The molecule has 148 valence electrons. The molecule has 0 fully saturated rings. The van der Waals surface area contributed by atoms with E-state index in [2.05, 4.69) is 101 Å². The molecule has 2 aromatic carbocycles. The topological polar surface area (TPSA) is 12.0 Å². The Bertz CT molecular complexity index is 1080. The van der Waals surface area contributed by atoms with Crippen LogP contribution in [0.4, 0.5) is 0 Å². The van der Waals surface area contributed by atoms with Gasteiger partial charge in [-0.3, -0.25) is 4.72 Å². The summed E-state index contributed by atoms with van der Waals surface area (Å²) in [6.07, 6.45) is 2.48. The molecule has 1 aliphatic carbocycles. The maximum atomic E-state index is 4.11. The quantitative estimate of drug-likeness (QED) is 0.464. The number of aryl methyl sites for hydroxylation is 1. The van der Waals surface area contributed by atoms with E-state index >= 15 is 0 Å². The molecule has 2 unspecified atom stereocenters. The second kappa shape index (κ2) is 6.76. The molecular weight excluding hydrogens is 378 g/mol. The average molecular weight is 410 g/mol. The van der Waals surface area contributed by atoms with Gasteiger partial charge in [-0.15, -0.1) is 11.3 Å². The van der Waals surface area contributed by atoms with Gasteiger partial charge in [0.05, 0.1) is 5.25 Å². The van der Waals surface area contributed by atoms with Crippen LogP contribution < -0.4 is 4.72 Å². The summed E-state index contributed by atoms with van der Waals surface area (Å²) in [5.41, 5.74) is 5.87. The summed E-state index contributed by atoms with van der Waals surface area (Å²) in [4.78, 5) is 3.00. The lowest BCUT2D eigenvalue weighted by Crippen LogP contribution is -2.39. The van der Waals surface area contributed by atoms with Gasteiger partial charge in [0.25, 0.3) is 0 Å². The van der Waals surface area contributed by atoms with Crippen LogP contribution in [0.2, 0.25) is 0 Å². The minimum Gasteiger partial charge on any atom is -0.271 e. The molecule has 1 nitrogen and oxygen atoms in total. The van der Waals surface area contributed by atoms with E-state index in [0.29, 0.717) is 5.25 Å². The Hall–Kier alpha value is -1.55. The summed E-state index contributed by atoms with van der Waals surface area (Å²) in [6, 6.07) is 18.0. The van der Waals surface area contributed by atoms with Gasteiger partial charge < -0.3 is 0 Å². The Morgan fingerprint density at radius 3 is 2.36 bits per heavy atom. The molecule has 0 spiro atoms. The van der Waals surface area contributed by atoms with Crippen LogP contribution in [0, 0.1) is 6.92 Å². The van der Waals surface area contributed by atoms with Crippen LogP contribution in [-0.2, 0) is 0 Å². The van der Waals surface area contributed by atoms with E-state index in [1.807, 2.05) is 11.3 Å². The first kappa shape index (κ1) is 19.8. The van der Waals surface area contributed by atoms with Crippen molar-refractivity contribution in [1.82, 2.24) is 4.72 Å². The first-order chi connectivity index (χ1) is 13.1. The SMILES string of the molecule is CC1=C(C)C(S(C)(NC(C)(C)C)c2cccc(C)c2)c2sc3ccccc3c21. The van der Waals surface area contributed by atoms with Crippen LogP contribution in [0.25, 0.3) is 15.7 Å². The second-order valence-electron chi connectivity index (χ2n) is 9.18. The summed E-state index contributed by atoms with van der Waals surface area (Å²) in [6.45, 7) is 13.8. The monoisotopic (exact) mass is 409 g/mol. The normalized spacial score (nSPS) is 20.3. The molecule has 28 heavy (non-hydrogen) atoms. The number of thiophene rings is 1. The summed E-state index contributed by atoms with van der Waals surface area (Å²) < 4.78 is 5.52. The molecule has 0 amide bonds. The lowest BCUT2D eigenvalue weighted by Gasteiger charge is -2.48. The van der Waals surface area contributed by atoms with Gasteiger partial charge in [0, 0.05) is 31.0 Å². The minimum absolute atomic E-state index is 0.0431. The van der Waals surface area contributed by atoms with E-state index in [1.54, 1.807) is 4.88 Å². The van der Waals surface area contributed by atoms with Crippen molar-refractivity contribution < 1.29 is 0 Å². The molecule has 2 atom stereocenters. The van der Waals surface area contributed by atoms with E-state index in [4.69, 9.17) is 0 Å². The highest BCUT2D eigenvalue weighted by Crippen LogP contribution is 2.69. The van der Waals surface area contributed by atoms with Crippen molar-refractivity contribution in [3.05, 3.63) is 70.1 Å². The van der Waals surface area contributed by atoms with Gasteiger partial charge in [0.2, 0.25) is 0 Å². The summed E-state index contributed by atoms with van der Waals surface area (Å²) >= 11 is 1.99. The largest absolute Gasteiger partial charge is 0.271 e. The Labute approximate surface area is 175 Å². The van der Waals surface area contributed by atoms with Gasteiger partial charge >= 0.3 is 0 Å². The van der Waals surface area contributed by atoms with Gasteiger partial charge in [-0.1, -0.05) is 41.5 Å². The molecule has 3 heteroatoms. The highest BCUT2D eigenvalue weighted by atomic mass is 32.3. The molecule has 0 saturated carbocycles. The lowest BCUT2D eigenvalue weighted by molar-refractivity contribution is 0.528. The maximum absolute atomic E-state index is 4.11. The molecule has 0 bridgehead atoms. The van der Waals surface area contributed by atoms with Crippen molar-refractivity contribution in [3.63, 3.8) is 0 Å². The number of hydrogen-bond acceptors (Lipinski definition) is 2. The fraction of sp³-hybridized carbons (Fsp3) is 0.360. The highest BCUT2D eigenvalue weighted by Gasteiger charge is 2.42. The molecule has 0 saturated heterocycles. The third kappa shape index (κ3) is 3.14. The molecular formula is C25H31NS2. The number of fused-ring (bicyclic) bond motifs is 3. The van der Waals surface area contributed by atoms with Crippen molar-refractivity contribution in [1.29, 1.82) is 0 Å². The van der Waals surface area contributed by atoms with Gasteiger partial charge in [0.15, 0.2) is 0 Å². The van der Waals surface area contributed by atoms with E-state index in [9.17, 15) is 0 Å². The van der Waals surface area contributed by atoms with Crippen molar-refractivity contribution in [3.8, 4) is 0 Å². The molecule has 1 heterocycles. The number of allylic oxidation sites excluding steroid dienone is 1. The average Bonchev–Trinajstić information content (AvgIpc) is 3.09. The van der Waals surface area contributed by atoms with E-state index in [1.165, 1.54) is 37.3 Å². The molecule has 0 aliphatic heterocycles. The number of rotatable bonds is 3. The first-order valence-electron chi connectivity index (χ1n) is 9.94. The van der Waals surface area contributed by atoms with Gasteiger partial charge in [0.1, 0.15) is 0 Å². The van der Waals surface area contributed by atoms with Crippen LogP contribution >= 0.6 is 21.6 Å². The van der Waals surface area contributed by atoms with Crippen LogP contribution in [-0.4, -0.2) is 11.8 Å². The Morgan fingerprint density at radius 2 is 1.68 bits per heavy atom. The second-order valence-corrected chi connectivity index (χ2v) is 13.4. The lowest BCUT2D eigenvalue weighted by atomic mass is 10.1.